The van der Waals surface area contributed by atoms with E-state index in [2.05, 4.69) is 6.07 Å². The Labute approximate surface area is 95.6 Å². The van der Waals surface area contributed by atoms with Gasteiger partial charge in [-0.2, -0.15) is 5.26 Å². The highest BCUT2D eigenvalue weighted by atomic mass is 16.5. The van der Waals surface area contributed by atoms with Gasteiger partial charge in [0.2, 0.25) is 0 Å². The summed E-state index contributed by atoms with van der Waals surface area (Å²) in [6.07, 6.45) is 0.476. The van der Waals surface area contributed by atoms with Crippen LogP contribution in [0.3, 0.4) is 0 Å². The second-order valence-corrected chi connectivity index (χ2v) is 3.90. The molecule has 1 atom stereocenters. The van der Waals surface area contributed by atoms with Gasteiger partial charge in [0.05, 0.1) is 20.3 Å². The molecule has 0 bridgehead atoms. The zero-order chi connectivity index (χ0) is 12.2. The smallest absolute Gasteiger partial charge is 0.160 e. The number of nitrogens with two attached hydrogens (primary N) is 1. The van der Waals surface area contributed by atoms with Gasteiger partial charge < -0.3 is 15.2 Å². The highest BCUT2D eigenvalue weighted by molar-refractivity contribution is 5.43. The maximum absolute atomic E-state index is 8.85. The molecule has 0 saturated heterocycles. The van der Waals surface area contributed by atoms with Gasteiger partial charge in [-0.25, -0.2) is 0 Å². The molecular formula is C12H16N2O2. The van der Waals surface area contributed by atoms with Crippen molar-refractivity contribution in [3.05, 3.63) is 23.8 Å². The van der Waals surface area contributed by atoms with Crippen LogP contribution in [0.2, 0.25) is 0 Å². The van der Waals surface area contributed by atoms with E-state index in [1.807, 2.05) is 18.2 Å². The molecule has 0 heterocycles. The largest absolute Gasteiger partial charge is 0.493 e. The summed E-state index contributed by atoms with van der Waals surface area (Å²) >= 11 is 0. The summed E-state index contributed by atoms with van der Waals surface area (Å²) in [4.78, 5) is 0. The van der Waals surface area contributed by atoms with Crippen LogP contribution < -0.4 is 15.2 Å². The number of benzene rings is 1. The number of nitriles is 1. The van der Waals surface area contributed by atoms with Gasteiger partial charge in [0.15, 0.2) is 11.5 Å². The molecule has 2 N–H and O–H groups in total. The predicted octanol–water partition coefficient (Wildman–Crippen LogP) is 1.49. The van der Waals surface area contributed by atoms with Crippen molar-refractivity contribution in [2.75, 3.05) is 14.2 Å². The molecular weight excluding hydrogens is 204 g/mol. The lowest BCUT2D eigenvalue weighted by Gasteiger charge is -2.16. The number of hydrogen-bond acceptors (Lipinski definition) is 4. The number of nitrogens with zero attached hydrogens (tertiary/aromatic N) is 1. The summed E-state index contributed by atoms with van der Waals surface area (Å²) in [5, 5.41) is 8.85. The van der Waals surface area contributed by atoms with E-state index in [4.69, 9.17) is 20.5 Å². The first-order valence-corrected chi connectivity index (χ1v) is 4.93. The average molecular weight is 220 g/mol. The molecule has 0 aromatic heterocycles. The van der Waals surface area contributed by atoms with E-state index in [0.717, 1.165) is 5.56 Å². The van der Waals surface area contributed by atoms with Gasteiger partial charge >= 0.3 is 0 Å². The lowest BCUT2D eigenvalue weighted by Crippen LogP contribution is -2.36. The van der Waals surface area contributed by atoms with Crippen molar-refractivity contribution < 1.29 is 9.47 Å². The molecule has 1 aromatic carbocycles. The fourth-order valence-corrected chi connectivity index (χ4v) is 1.45. The first-order valence-electron chi connectivity index (χ1n) is 4.93. The highest BCUT2D eigenvalue weighted by Crippen LogP contribution is 2.28. The second-order valence-electron chi connectivity index (χ2n) is 3.90. The monoisotopic (exact) mass is 220 g/mol. The Morgan fingerprint density at radius 1 is 1.31 bits per heavy atom. The Morgan fingerprint density at radius 3 is 2.44 bits per heavy atom. The van der Waals surface area contributed by atoms with Crippen LogP contribution in [0.15, 0.2) is 18.2 Å². The second kappa shape index (κ2) is 4.86. The third-order valence-corrected chi connectivity index (χ3v) is 2.27. The van der Waals surface area contributed by atoms with Gasteiger partial charge in [0.1, 0.15) is 5.54 Å². The van der Waals surface area contributed by atoms with Gasteiger partial charge in [-0.1, -0.05) is 6.07 Å². The van der Waals surface area contributed by atoms with Crippen molar-refractivity contribution in [1.82, 2.24) is 0 Å². The van der Waals surface area contributed by atoms with Crippen LogP contribution in [0.1, 0.15) is 12.5 Å². The van der Waals surface area contributed by atoms with E-state index >= 15 is 0 Å². The standard InChI is InChI=1S/C12H16N2O2/c1-12(14,8-13)7-9-4-5-10(15-2)11(6-9)16-3/h4-6H,7,14H2,1-3H3/t12-/m1/s1. The van der Waals surface area contributed by atoms with E-state index in [-0.39, 0.29) is 0 Å². The van der Waals surface area contributed by atoms with Crippen molar-refractivity contribution in [3.63, 3.8) is 0 Å². The van der Waals surface area contributed by atoms with E-state index in [9.17, 15) is 0 Å². The Hall–Kier alpha value is -1.73. The Morgan fingerprint density at radius 2 is 1.94 bits per heavy atom. The van der Waals surface area contributed by atoms with Crippen molar-refractivity contribution in [2.24, 2.45) is 5.73 Å². The van der Waals surface area contributed by atoms with Crippen LogP contribution >= 0.6 is 0 Å². The van der Waals surface area contributed by atoms with Crippen LogP contribution in [0, 0.1) is 11.3 Å². The maximum Gasteiger partial charge on any atom is 0.160 e. The minimum Gasteiger partial charge on any atom is -0.493 e. The predicted molar refractivity (Wildman–Crippen MR) is 61.5 cm³/mol. The summed E-state index contributed by atoms with van der Waals surface area (Å²) in [6.45, 7) is 1.70. The van der Waals surface area contributed by atoms with Crippen LogP contribution in [0.5, 0.6) is 11.5 Å². The number of ether oxygens (including phenoxy) is 2. The number of rotatable bonds is 4. The van der Waals surface area contributed by atoms with Gasteiger partial charge in [0, 0.05) is 6.42 Å². The maximum atomic E-state index is 8.85. The number of hydrogen-bond donors (Lipinski definition) is 1. The third-order valence-electron chi connectivity index (χ3n) is 2.27. The highest BCUT2D eigenvalue weighted by Gasteiger charge is 2.18. The van der Waals surface area contributed by atoms with Crippen molar-refractivity contribution in [1.29, 1.82) is 5.26 Å². The first kappa shape index (κ1) is 12.3. The third kappa shape index (κ3) is 2.88. The van der Waals surface area contributed by atoms with Crippen LogP contribution in [0.4, 0.5) is 0 Å². The molecule has 0 spiro atoms. The molecule has 4 heteroatoms. The zero-order valence-electron chi connectivity index (χ0n) is 9.78. The molecule has 0 saturated carbocycles. The van der Waals surface area contributed by atoms with Gasteiger partial charge in [-0.3, -0.25) is 0 Å². The molecule has 0 aliphatic carbocycles. The molecule has 0 aliphatic rings. The molecule has 16 heavy (non-hydrogen) atoms. The molecule has 4 nitrogen and oxygen atoms in total. The van der Waals surface area contributed by atoms with Gasteiger partial charge in [-0.05, 0) is 24.6 Å². The topological polar surface area (TPSA) is 68.3 Å². The minimum atomic E-state index is -0.862. The normalized spacial score (nSPS) is 13.7. The van der Waals surface area contributed by atoms with E-state index in [0.29, 0.717) is 17.9 Å². The Kier molecular flexibility index (Phi) is 3.75. The first-order chi connectivity index (χ1) is 7.52. The Balaban J connectivity index is 2.97. The summed E-state index contributed by atoms with van der Waals surface area (Å²) in [6, 6.07) is 7.58. The Bertz CT molecular complexity index is 408. The quantitative estimate of drug-likeness (QED) is 0.834. The summed E-state index contributed by atoms with van der Waals surface area (Å²) in [5.41, 5.74) is 5.86. The molecule has 1 aromatic rings. The molecule has 1 rings (SSSR count). The van der Waals surface area contributed by atoms with Crippen LogP contribution in [0.25, 0.3) is 0 Å². The molecule has 0 unspecified atom stereocenters. The van der Waals surface area contributed by atoms with E-state index in [1.165, 1.54) is 0 Å². The SMILES string of the molecule is COc1ccc(C[C@@](C)(N)C#N)cc1OC. The van der Waals surface area contributed by atoms with Crippen molar-refractivity contribution in [2.45, 2.75) is 18.9 Å². The molecule has 0 radical (unpaired) electrons. The molecule has 0 amide bonds. The fourth-order valence-electron chi connectivity index (χ4n) is 1.45. The lowest BCUT2D eigenvalue weighted by molar-refractivity contribution is 0.354. The summed E-state index contributed by atoms with van der Waals surface area (Å²) in [7, 11) is 3.16. The summed E-state index contributed by atoms with van der Waals surface area (Å²) in [5.74, 6) is 1.32. The van der Waals surface area contributed by atoms with E-state index < -0.39 is 5.54 Å². The molecule has 0 fully saturated rings. The van der Waals surface area contributed by atoms with Gasteiger partial charge in [0.25, 0.3) is 0 Å². The lowest BCUT2D eigenvalue weighted by atomic mass is 9.95. The fraction of sp³-hybridized carbons (Fsp3) is 0.417. The average Bonchev–Trinajstić information content (AvgIpc) is 2.28. The van der Waals surface area contributed by atoms with Crippen LogP contribution in [-0.4, -0.2) is 19.8 Å². The number of methoxy groups -OCH3 is 2. The minimum absolute atomic E-state index is 0.476. The molecule has 86 valence electrons. The van der Waals surface area contributed by atoms with E-state index in [1.54, 1.807) is 21.1 Å². The van der Waals surface area contributed by atoms with Gasteiger partial charge in [-0.15, -0.1) is 0 Å². The zero-order valence-corrected chi connectivity index (χ0v) is 9.78. The van der Waals surface area contributed by atoms with Crippen molar-refractivity contribution in [3.8, 4) is 17.6 Å². The molecule has 0 aliphatic heterocycles. The van der Waals surface area contributed by atoms with Crippen molar-refractivity contribution >= 4 is 0 Å². The van der Waals surface area contributed by atoms with Crippen LogP contribution in [-0.2, 0) is 6.42 Å². The summed E-state index contributed by atoms with van der Waals surface area (Å²) < 4.78 is 10.3.